The van der Waals surface area contributed by atoms with E-state index in [0.29, 0.717) is 17.0 Å². The van der Waals surface area contributed by atoms with Gasteiger partial charge in [-0.25, -0.2) is 0 Å². The number of ether oxygens (including phenoxy) is 1. The summed E-state index contributed by atoms with van der Waals surface area (Å²) in [5, 5.41) is 2.94. The van der Waals surface area contributed by atoms with E-state index in [9.17, 15) is 4.79 Å². The lowest BCUT2D eigenvalue weighted by atomic mass is 10.0. The molecule has 0 aliphatic carbocycles. The fourth-order valence-electron chi connectivity index (χ4n) is 2.51. The van der Waals surface area contributed by atoms with Gasteiger partial charge < -0.3 is 15.8 Å². The number of anilines is 2. The Morgan fingerprint density at radius 1 is 1.14 bits per heavy atom. The van der Waals surface area contributed by atoms with Crippen molar-refractivity contribution in [2.24, 2.45) is 0 Å². The molecule has 4 heteroatoms. The summed E-state index contributed by atoms with van der Waals surface area (Å²) in [6.07, 6.45) is 0. The second kappa shape index (κ2) is 5.87. The van der Waals surface area contributed by atoms with Gasteiger partial charge in [0.05, 0.1) is 7.11 Å². The molecule has 0 heterocycles. The van der Waals surface area contributed by atoms with Gasteiger partial charge in [-0.05, 0) is 44.0 Å². The maximum atomic E-state index is 12.5. The van der Waals surface area contributed by atoms with Crippen molar-refractivity contribution in [1.82, 2.24) is 0 Å². The number of methoxy groups -OCH3 is 1. The second-order valence-electron chi connectivity index (χ2n) is 5.15. The van der Waals surface area contributed by atoms with Gasteiger partial charge in [-0.1, -0.05) is 23.8 Å². The maximum Gasteiger partial charge on any atom is 0.261 e. The van der Waals surface area contributed by atoms with Crippen molar-refractivity contribution in [3.63, 3.8) is 0 Å². The number of benzene rings is 2. The molecule has 2 rings (SSSR count). The molecular formula is C17H20N2O2. The Balaban J connectivity index is 2.40. The van der Waals surface area contributed by atoms with Crippen molar-refractivity contribution >= 4 is 17.3 Å². The zero-order chi connectivity index (χ0) is 15.6. The molecule has 0 aliphatic rings. The molecule has 0 aliphatic heterocycles. The number of hydrogen-bond donors (Lipinski definition) is 2. The van der Waals surface area contributed by atoms with Gasteiger partial charge in [-0.15, -0.1) is 0 Å². The molecule has 0 unspecified atom stereocenters. The molecule has 0 fully saturated rings. The molecule has 0 saturated heterocycles. The molecule has 0 bridgehead atoms. The van der Waals surface area contributed by atoms with Crippen LogP contribution < -0.4 is 15.8 Å². The van der Waals surface area contributed by atoms with Gasteiger partial charge in [0.25, 0.3) is 5.91 Å². The molecule has 0 atom stereocenters. The van der Waals surface area contributed by atoms with Gasteiger partial charge in [0.1, 0.15) is 11.3 Å². The van der Waals surface area contributed by atoms with Gasteiger partial charge in [0.2, 0.25) is 0 Å². The smallest absolute Gasteiger partial charge is 0.261 e. The lowest BCUT2D eigenvalue weighted by Crippen LogP contribution is -2.17. The first-order chi connectivity index (χ1) is 9.93. The molecule has 21 heavy (non-hydrogen) atoms. The van der Waals surface area contributed by atoms with Crippen LogP contribution in [0.1, 0.15) is 27.0 Å². The monoisotopic (exact) mass is 284 g/mol. The topological polar surface area (TPSA) is 64.3 Å². The Hall–Kier alpha value is -2.49. The van der Waals surface area contributed by atoms with Crippen LogP contribution in [0.15, 0.2) is 30.3 Å². The third kappa shape index (κ3) is 2.99. The van der Waals surface area contributed by atoms with E-state index < -0.39 is 0 Å². The highest BCUT2D eigenvalue weighted by Crippen LogP contribution is 2.27. The van der Waals surface area contributed by atoms with Crippen LogP contribution in [0.2, 0.25) is 0 Å². The van der Waals surface area contributed by atoms with E-state index in [0.717, 1.165) is 16.8 Å². The fourth-order valence-corrected chi connectivity index (χ4v) is 2.51. The quantitative estimate of drug-likeness (QED) is 0.848. The number of nitrogens with one attached hydrogen (secondary N) is 1. The average molecular weight is 284 g/mol. The predicted octanol–water partition coefficient (Wildman–Crippen LogP) is 3.45. The summed E-state index contributed by atoms with van der Waals surface area (Å²) in [7, 11) is 1.52. The maximum absolute atomic E-state index is 12.5. The van der Waals surface area contributed by atoms with E-state index >= 15 is 0 Å². The first-order valence-electron chi connectivity index (χ1n) is 6.75. The van der Waals surface area contributed by atoms with E-state index in [4.69, 9.17) is 10.5 Å². The number of hydrogen-bond acceptors (Lipinski definition) is 3. The molecule has 0 saturated carbocycles. The summed E-state index contributed by atoms with van der Waals surface area (Å²) < 4.78 is 5.22. The standard InChI is InChI=1S/C17H20N2O2/c1-10-8-11(2)16(12(3)9-10)19-17(20)15-13(18)6-5-7-14(15)21-4/h5-9H,18H2,1-4H3,(H,19,20). The fraction of sp³-hybridized carbons (Fsp3) is 0.235. The average Bonchev–Trinajstić information content (AvgIpc) is 2.42. The minimum atomic E-state index is -0.264. The molecule has 1 amide bonds. The van der Waals surface area contributed by atoms with E-state index in [2.05, 4.69) is 5.32 Å². The summed E-state index contributed by atoms with van der Waals surface area (Å²) in [6.45, 7) is 5.98. The summed E-state index contributed by atoms with van der Waals surface area (Å²) in [5.74, 6) is 0.204. The van der Waals surface area contributed by atoms with Gasteiger partial charge in [-0.2, -0.15) is 0 Å². The molecule has 0 radical (unpaired) electrons. The number of nitrogens with two attached hydrogens (primary N) is 1. The van der Waals surface area contributed by atoms with Crippen LogP contribution in [0.3, 0.4) is 0 Å². The SMILES string of the molecule is COc1cccc(N)c1C(=O)Nc1c(C)cc(C)cc1C. The summed E-state index contributed by atoms with van der Waals surface area (Å²) in [6, 6.07) is 9.24. The summed E-state index contributed by atoms with van der Waals surface area (Å²) in [4.78, 5) is 12.5. The highest BCUT2D eigenvalue weighted by molar-refractivity contribution is 6.10. The molecule has 4 nitrogen and oxygen atoms in total. The van der Waals surface area contributed by atoms with Crippen molar-refractivity contribution in [2.75, 3.05) is 18.2 Å². The number of carbonyl (C=O) groups excluding carboxylic acids is 1. The Labute approximate surface area is 124 Å². The van der Waals surface area contributed by atoms with Crippen LogP contribution in [0.25, 0.3) is 0 Å². The second-order valence-corrected chi connectivity index (χ2v) is 5.15. The zero-order valence-electron chi connectivity index (χ0n) is 12.8. The normalized spacial score (nSPS) is 10.3. The van der Waals surface area contributed by atoms with Crippen molar-refractivity contribution in [1.29, 1.82) is 0 Å². The Morgan fingerprint density at radius 3 is 2.33 bits per heavy atom. The molecule has 110 valence electrons. The largest absolute Gasteiger partial charge is 0.496 e. The van der Waals surface area contributed by atoms with Crippen LogP contribution in [0, 0.1) is 20.8 Å². The van der Waals surface area contributed by atoms with Crippen LogP contribution in [-0.2, 0) is 0 Å². The highest BCUT2D eigenvalue weighted by Gasteiger charge is 2.17. The van der Waals surface area contributed by atoms with Crippen LogP contribution in [0.4, 0.5) is 11.4 Å². The van der Waals surface area contributed by atoms with Crippen LogP contribution in [0.5, 0.6) is 5.75 Å². The van der Waals surface area contributed by atoms with Crippen LogP contribution >= 0.6 is 0 Å². The Kier molecular flexibility index (Phi) is 4.17. The number of rotatable bonds is 3. The third-order valence-corrected chi connectivity index (χ3v) is 3.42. The Bertz CT molecular complexity index is 670. The lowest BCUT2D eigenvalue weighted by Gasteiger charge is -2.15. The van der Waals surface area contributed by atoms with Crippen molar-refractivity contribution in [3.05, 3.63) is 52.6 Å². The minimum absolute atomic E-state index is 0.264. The number of carbonyl (C=O) groups is 1. The van der Waals surface area contributed by atoms with Gasteiger partial charge in [0, 0.05) is 11.4 Å². The lowest BCUT2D eigenvalue weighted by molar-refractivity contribution is 0.102. The van der Waals surface area contributed by atoms with Crippen molar-refractivity contribution in [2.45, 2.75) is 20.8 Å². The molecule has 2 aromatic rings. The molecule has 3 N–H and O–H groups in total. The van der Waals surface area contributed by atoms with Gasteiger partial charge in [0.15, 0.2) is 0 Å². The minimum Gasteiger partial charge on any atom is -0.496 e. The zero-order valence-corrected chi connectivity index (χ0v) is 12.8. The predicted molar refractivity (Wildman–Crippen MR) is 86.0 cm³/mol. The first kappa shape index (κ1) is 14.9. The number of nitrogen functional groups attached to an aromatic ring is 1. The van der Waals surface area contributed by atoms with Crippen molar-refractivity contribution < 1.29 is 9.53 Å². The van der Waals surface area contributed by atoms with Gasteiger partial charge >= 0.3 is 0 Å². The van der Waals surface area contributed by atoms with E-state index in [-0.39, 0.29) is 5.91 Å². The first-order valence-corrected chi connectivity index (χ1v) is 6.75. The van der Waals surface area contributed by atoms with E-state index in [1.165, 1.54) is 12.7 Å². The summed E-state index contributed by atoms with van der Waals surface area (Å²) in [5.41, 5.74) is 10.7. The van der Waals surface area contributed by atoms with E-state index in [1.54, 1.807) is 18.2 Å². The third-order valence-electron chi connectivity index (χ3n) is 3.42. The molecular weight excluding hydrogens is 264 g/mol. The summed E-state index contributed by atoms with van der Waals surface area (Å²) >= 11 is 0. The molecule has 0 spiro atoms. The molecule has 2 aromatic carbocycles. The van der Waals surface area contributed by atoms with Crippen molar-refractivity contribution in [3.8, 4) is 5.75 Å². The number of aryl methyl sites for hydroxylation is 3. The van der Waals surface area contributed by atoms with Crippen LogP contribution in [-0.4, -0.2) is 13.0 Å². The number of amides is 1. The highest BCUT2D eigenvalue weighted by atomic mass is 16.5. The molecule has 0 aromatic heterocycles. The van der Waals surface area contributed by atoms with E-state index in [1.807, 2.05) is 32.9 Å². The Morgan fingerprint density at radius 2 is 1.76 bits per heavy atom. The van der Waals surface area contributed by atoms with Gasteiger partial charge in [-0.3, -0.25) is 4.79 Å².